The van der Waals surface area contributed by atoms with Crippen molar-refractivity contribution in [1.82, 2.24) is 20.0 Å². The van der Waals surface area contributed by atoms with Gasteiger partial charge >= 0.3 is 0 Å². The van der Waals surface area contributed by atoms with Crippen LogP contribution < -0.4 is 5.32 Å². The highest BCUT2D eigenvalue weighted by atomic mass is 35.5. The molecular formula is C16H28Cl2N4O. The Bertz CT molecular complexity index is 532. The normalized spacial score (nSPS) is 23.5. The number of carbonyl (C=O) groups excluding carboxylic acids is 1. The van der Waals surface area contributed by atoms with Crippen molar-refractivity contribution in [2.24, 2.45) is 18.9 Å². The van der Waals surface area contributed by atoms with E-state index in [4.69, 9.17) is 0 Å². The molecule has 2 atom stereocenters. The van der Waals surface area contributed by atoms with Crippen LogP contribution in [-0.4, -0.2) is 46.8 Å². The molecule has 2 aliphatic rings. The van der Waals surface area contributed by atoms with Gasteiger partial charge in [0.25, 0.3) is 0 Å². The predicted molar refractivity (Wildman–Crippen MR) is 96.5 cm³/mol. The van der Waals surface area contributed by atoms with Crippen LogP contribution in [0, 0.1) is 25.7 Å². The molecule has 0 unspecified atom stereocenters. The van der Waals surface area contributed by atoms with Gasteiger partial charge in [0, 0.05) is 31.4 Å². The molecule has 0 radical (unpaired) electrons. The molecule has 0 spiro atoms. The third-order valence-electron chi connectivity index (χ3n) is 5.36. The number of nitrogens with one attached hydrogen (secondary N) is 1. The minimum atomic E-state index is 0. The highest BCUT2D eigenvalue weighted by molar-refractivity contribution is 5.85. The lowest BCUT2D eigenvalue weighted by molar-refractivity contribution is -0.130. The van der Waals surface area contributed by atoms with E-state index in [-0.39, 0.29) is 30.7 Å². The molecule has 3 rings (SSSR count). The fourth-order valence-corrected chi connectivity index (χ4v) is 3.80. The van der Waals surface area contributed by atoms with Crippen molar-refractivity contribution in [3.63, 3.8) is 0 Å². The maximum atomic E-state index is 12.6. The van der Waals surface area contributed by atoms with Crippen LogP contribution in [0.1, 0.15) is 29.8 Å². The van der Waals surface area contributed by atoms with Crippen molar-refractivity contribution in [2.75, 3.05) is 26.2 Å². The second-order valence-corrected chi connectivity index (χ2v) is 6.59. The van der Waals surface area contributed by atoms with E-state index >= 15 is 0 Å². The summed E-state index contributed by atoms with van der Waals surface area (Å²) in [5, 5.41) is 7.89. The summed E-state index contributed by atoms with van der Waals surface area (Å²) in [4.78, 5) is 14.7. The third-order valence-corrected chi connectivity index (χ3v) is 5.36. The SMILES string of the molecule is Cc1nn(C)c(C)c1CC(=O)N1CC[C@@H]2CNC[C@@H]2CC1.Cl.Cl. The van der Waals surface area contributed by atoms with E-state index in [9.17, 15) is 4.79 Å². The van der Waals surface area contributed by atoms with Crippen LogP contribution in [0.15, 0.2) is 0 Å². The zero-order valence-corrected chi connectivity index (χ0v) is 15.8. The molecule has 0 aliphatic carbocycles. The number of aryl methyl sites for hydroxylation is 2. The summed E-state index contributed by atoms with van der Waals surface area (Å²) in [6, 6.07) is 0. The fraction of sp³-hybridized carbons (Fsp3) is 0.750. The van der Waals surface area contributed by atoms with Crippen LogP contribution in [-0.2, 0) is 18.3 Å². The lowest BCUT2D eigenvalue weighted by Gasteiger charge is -2.21. The minimum Gasteiger partial charge on any atom is -0.342 e. The number of halogens is 2. The minimum absolute atomic E-state index is 0. The average molecular weight is 363 g/mol. The molecule has 23 heavy (non-hydrogen) atoms. The molecule has 132 valence electrons. The van der Waals surface area contributed by atoms with E-state index in [1.54, 1.807) is 0 Å². The first-order chi connectivity index (χ1) is 10.1. The monoisotopic (exact) mass is 362 g/mol. The highest BCUT2D eigenvalue weighted by Gasteiger charge is 2.31. The number of likely N-dealkylation sites (tertiary alicyclic amines) is 1. The molecule has 5 nitrogen and oxygen atoms in total. The summed E-state index contributed by atoms with van der Waals surface area (Å²) in [6.07, 6.45) is 2.79. The first-order valence-corrected chi connectivity index (χ1v) is 8.04. The van der Waals surface area contributed by atoms with Crippen LogP contribution in [0.2, 0.25) is 0 Å². The largest absolute Gasteiger partial charge is 0.342 e. The Morgan fingerprint density at radius 2 is 1.74 bits per heavy atom. The number of amides is 1. The quantitative estimate of drug-likeness (QED) is 0.873. The Hall–Kier alpha value is -0.780. The summed E-state index contributed by atoms with van der Waals surface area (Å²) >= 11 is 0. The van der Waals surface area contributed by atoms with Gasteiger partial charge in [0.15, 0.2) is 0 Å². The third kappa shape index (κ3) is 4.20. The Labute approximate surface area is 151 Å². The maximum absolute atomic E-state index is 12.6. The molecule has 3 heterocycles. The second-order valence-electron chi connectivity index (χ2n) is 6.59. The fourth-order valence-electron chi connectivity index (χ4n) is 3.80. The smallest absolute Gasteiger partial charge is 0.227 e. The van der Waals surface area contributed by atoms with Crippen LogP contribution >= 0.6 is 24.8 Å². The average Bonchev–Trinajstić information content (AvgIpc) is 2.92. The van der Waals surface area contributed by atoms with E-state index in [1.807, 2.05) is 25.6 Å². The number of hydrogen-bond acceptors (Lipinski definition) is 3. The number of carbonyl (C=O) groups is 1. The van der Waals surface area contributed by atoms with Gasteiger partial charge in [-0.1, -0.05) is 0 Å². The molecule has 0 bridgehead atoms. The van der Waals surface area contributed by atoms with Crippen molar-refractivity contribution in [1.29, 1.82) is 0 Å². The van der Waals surface area contributed by atoms with E-state index < -0.39 is 0 Å². The van der Waals surface area contributed by atoms with Gasteiger partial charge in [0.2, 0.25) is 5.91 Å². The Morgan fingerprint density at radius 1 is 1.17 bits per heavy atom. The van der Waals surface area contributed by atoms with Gasteiger partial charge in [-0.25, -0.2) is 0 Å². The summed E-state index contributed by atoms with van der Waals surface area (Å²) in [6.45, 7) is 8.14. The highest BCUT2D eigenvalue weighted by Crippen LogP contribution is 2.27. The van der Waals surface area contributed by atoms with Crippen molar-refractivity contribution in [3.8, 4) is 0 Å². The van der Waals surface area contributed by atoms with Crippen molar-refractivity contribution < 1.29 is 4.79 Å². The van der Waals surface area contributed by atoms with Crippen LogP contribution in [0.3, 0.4) is 0 Å². The first-order valence-electron chi connectivity index (χ1n) is 8.04. The number of fused-ring (bicyclic) bond motifs is 1. The van der Waals surface area contributed by atoms with E-state index in [2.05, 4.69) is 15.3 Å². The van der Waals surface area contributed by atoms with Crippen LogP contribution in [0.5, 0.6) is 0 Å². The van der Waals surface area contributed by atoms with Crippen molar-refractivity contribution >= 4 is 30.7 Å². The molecule has 1 N–H and O–H groups in total. The maximum Gasteiger partial charge on any atom is 0.227 e. The van der Waals surface area contributed by atoms with E-state index in [0.717, 1.165) is 67.8 Å². The zero-order valence-electron chi connectivity index (χ0n) is 14.2. The van der Waals surface area contributed by atoms with Gasteiger partial charge in [-0.05, 0) is 51.6 Å². The molecule has 7 heteroatoms. The molecule has 1 amide bonds. The van der Waals surface area contributed by atoms with Gasteiger partial charge in [-0.15, -0.1) is 24.8 Å². The topological polar surface area (TPSA) is 50.2 Å². The van der Waals surface area contributed by atoms with Crippen LogP contribution in [0.25, 0.3) is 0 Å². The summed E-state index contributed by atoms with van der Waals surface area (Å²) in [7, 11) is 1.94. The molecular weight excluding hydrogens is 335 g/mol. The van der Waals surface area contributed by atoms with Crippen molar-refractivity contribution in [2.45, 2.75) is 33.1 Å². The first kappa shape index (κ1) is 20.3. The van der Waals surface area contributed by atoms with Crippen LogP contribution in [0.4, 0.5) is 0 Å². The molecule has 1 aromatic rings. The van der Waals surface area contributed by atoms with Gasteiger partial charge in [0.05, 0.1) is 12.1 Å². The molecule has 0 saturated carbocycles. The Morgan fingerprint density at radius 3 is 2.22 bits per heavy atom. The Balaban J connectivity index is 0.00000132. The summed E-state index contributed by atoms with van der Waals surface area (Å²) in [5.74, 6) is 1.80. The molecule has 2 aliphatic heterocycles. The number of hydrogen-bond donors (Lipinski definition) is 1. The standard InChI is InChI=1S/C16H26N4O.2ClH/c1-11-15(12(2)19(3)18-11)8-16(21)20-6-4-13-9-17-10-14(13)5-7-20;;/h13-14,17H,4-10H2,1-3H3;2*1H/t13-,14+;;. The lowest BCUT2D eigenvalue weighted by atomic mass is 9.92. The summed E-state index contributed by atoms with van der Waals surface area (Å²) < 4.78 is 1.87. The number of aromatic nitrogens is 2. The lowest BCUT2D eigenvalue weighted by Crippen LogP contribution is -2.34. The van der Waals surface area contributed by atoms with E-state index in [1.165, 1.54) is 0 Å². The Kier molecular flexibility index (Phi) is 7.36. The molecule has 2 saturated heterocycles. The second kappa shape index (κ2) is 8.36. The van der Waals surface area contributed by atoms with Crippen molar-refractivity contribution in [3.05, 3.63) is 17.0 Å². The van der Waals surface area contributed by atoms with Gasteiger partial charge < -0.3 is 10.2 Å². The van der Waals surface area contributed by atoms with Gasteiger partial charge in [-0.2, -0.15) is 5.10 Å². The molecule has 0 aromatic carbocycles. The number of rotatable bonds is 2. The molecule has 2 fully saturated rings. The van der Waals surface area contributed by atoms with E-state index in [0.29, 0.717) is 6.42 Å². The van der Waals surface area contributed by atoms with Gasteiger partial charge in [-0.3, -0.25) is 9.48 Å². The predicted octanol–water partition coefficient (Wildman–Crippen LogP) is 1.88. The number of nitrogens with zero attached hydrogens (tertiary/aromatic N) is 3. The molecule has 1 aromatic heterocycles. The zero-order chi connectivity index (χ0) is 15.0. The summed E-state index contributed by atoms with van der Waals surface area (Å²) in [5.41, 5.74) is 3.20. The van der Waals surface area contributed by atoms with Gasteiger partial charge in [0.1, 0.15) is 0 Å².